The Bertz CT molecular complexity index is 463. The monoisotopic (exact) mass is 292 g/mol. The van der Waals surface area contributed by atoms with Crippen LogP contribution in [0.4, 0.5) is 0 Å². The van der Waals surface area contributed by atoms with Gasteiger partial charge in [-0.1, -0.05) is 6.42 Å². The molecule has 110 valence electrons. The van der Waals surface area contributed by atoms with E-state index in [1.165, 1.54) is 36.1 Å². The van der Waals surface area contributed by atoms with Gasteiger partial charge in [0.05, 0.1) is 4.88 Å². The maximum Gasteiger partial charge on any atom is 0.264 e. The molecule has 3 rings (SSSR count). The van der Waals surface area contributed by atoms with Crippen LogP contribution in [0.3, 0.4) is 0 Å². The SMILES string of the molecule is CC1CN(C(=O)c2cc3c(s2)CCCCC3)CC(C)N1. The van der Waals surface area contributed by atoms with Crippen molar-refractivity contribution in [1.82, 2.24) is 10.2 Å². The van der Waals surface area contributed by atoms with Crippen molar-refractivity contribution < 1.29 is 4.79 Å². The third-order valence-electron chi connectivity index (χ3n) is 4.30. The highest BCUT2D eigenvalue weighted by Gasteiger charge is 2.27. The van der Waals surface area contributed by atoms with Crippen LogP contribution >= 0.6 is 11.3 Å². The van der Waals surface area contributed by atoms with Gasteiger partial charge in [-0.3, -0.25) is 4.79 Å². The second-order valence-corrected chi connectivity index (χ2v) is 7.44. The van der Waals surface area contributed by atoms with Crippen molar-refractivity contribution in [2.24, 2.45) is 0 Å². The number of carbonyl (C=O) groups is 1. The quantitative estimate of drug-likeness (QED) is 0.807. The third kappa shape index (κ3) is 2.91. The molecule has 1 amide bonds. The van der Waals surface area contributed by atoms with Gasteiger partial charge in [0.2, 0.25) is 0 Å². The molecule has 0 bridgehead atoms. The fourth-order valence-electron chi connectivity index (χ4n) is 3.42. The van der Waals surface area contributed by atoms with E-state index in [1.54, 1.807) is 11.3 Å². The lowest BCUT2D eigenvalue weighted by molar-refractivity contribution is 0.0678. The van der Waals surface area contributed by atoms with E-state index in [4.69, 9.17) is 0 Å². The van der Waals surface area contributed by atoms with E-state index in [1.807, 2.05) is 4.90 Å². The fraction of sp³-hybridized carbons (Fsp3) is 0.688. The van der Waals surface area contributed by atoms with Gasteiger partial charge in [0.1, 0.15) is 0 Å². The summed E-state index contributed by atoms with van der Waals surface area (Å²) in [7, 11) is 0. The summed E-state index contributed by atoms with van der Waals surface area (Å²) < 4.78 is 0. The number of aryl methyl sites for hydroxylation is 2. The standard InChI is InChI=1S/C16H24N2OS/c1-11-9-18(10-12(2)17-11)16(19)15-8-13-6-4-3-5-7-14(13)20-15/h8,11-12,17H,3-7,9-10H2,1-2H3. The lowest BCUT2D eigenvalue weighted by Gasteiger charge is -2.35. The number of hydrogen-bond acceptors (Lipinski definition) is 3. The van der Waals surface area contributed by atoms with E-state index < -0.39 is 0 Å². The van der Waals surface area contributed by atoms with Crippen molar-refractivity contribution in [3.63, 3.8) is 0 Å². The van der Waals surface area contributed by atoms with Gasteiger partial charge in [-0.05, 0) is 51.2 Å². The van der Waals surface area contributed by atoms with Crippen molar-refractivity contribution in [3.8, 4) is 0 Å². The van der Waals surface area contributed by atoms with E-state index in [-0.39, 0.29) is 5.91 Å². The van der Waals surface area contributed by atoms with E-state index in [0.29, 0.717) is 12.1 Å². The lowest BCUT2D eigenvalue weighted by Crippen LogP contribution is -2.55. The first-order valence-corrected chi connectivity index (χ1v) is 8.62. The van der Waals surface area contributed by atoms with Gasteiger partial charge in [0, 0.05) is 30.1 Å². The average molecular weight is 292 g/mol. The molecule has 4 heteroatoms. The number of carbonyl (C=O) groups excluding carboxylic acids is 1. The molecular formula is C16H24N2OS. The van der Waals surface area contributed by atoms with Gasteiger partial charge >= 0.3 is 0 Å². The second kappa shape index (κ2) is 5.86. The summed E-state index contributed by atoms with van der Waals surface area (Å²) in [6.07, 6.45) is 6.22. The Kier molecular flexibility index (Phi) is 4.13. The third-order valence-corrected chi connectivity index (χ3v) is 5.53. The number of hydrogen-bond donors (Lipinski definition) is 1. The Morgan fingerprint density at radius 2 is 1.90 bits per heavy atom. The molecule has 3 nitrogen and oxygen atoms in total. The van der Waals surface area contributed by atoms with Gasteiger partial charge in [0.25, 0.3) is 5.91 Å². The highest BCUT2D eigenvalue weighted by molar-refractivity contribution is 7.14. The van der Waals surface area contributed by atoms with Crippen LogP contribution in [0.15, 0.2) is 6.07 Å². The predicted octanol–water partition coefficient (Wildman–Crippen LogP) is 2.84. The number of fused-ring (bicyclic) bond motifs is 1. The van der Waals surface area contributed by atoms with E-state index in [0.717, 1.165) is 24.4 Å². The molecule has 1 aliphatic heterocycles. The summed E-state index contributed by atoms with van der Waals surface area (Å²) in [5.41, 5.74) is 1.44. The van der Waals surface area contributed by atoms with Gasteiger partial charge in [-0.2, -0.15) is 0 Å². The first kappa shape index (κ1) is 14.1. The van der Waals surface area contributed by atoms with Crippen molar-refractivity contribution in [3.05, 3.63) is 21.4 Å². The molecule has 0 radical (unpaired) electrons. The minimum atomic E-state index is 0.239. The van der Waals surface area contributed by atoms with Crippen LogP contribution < -0.4 is 5.32 Å². The fourth-order valence-corrected chi connectivity index (χ4v) is 4.64. The van der Waals surface area contributed by atoms with Gasteiger partial charge in [-0.25, -0.2) is 0 Å². The smallest absolute Gasteiger partial charge is 0.264 e. The van der Waals surface area contributed by atoms with Crippen LogP contribution in [0.25, 0.3) is 0 Å². The topological polar surface area (TPSA) is 32.3 Å². The number of amides is 1. The summed E-state index contributed by atoms with van der Waals surface area (Å²) in [5.74, 6) is 0.239. The number of thiophene rings is 1. The van der Waals surface area contributed by atoms with Crippen LogP contribution in [0.1, 0.15) is 53.2 Å². The van der Waals surface area contributed by atoms with Crippen molar-refractivity contribution in [2.45, 2.75) is 58.0 Å². The number of piperazine rings is 1. The van der Waals surface area contributed by atoms with E-state index in [2.05, 4.69) is 25.2 Å². The molecule has 1 N–H and O–H groups in total. The van der Waals surface area contributed by atoms with Crippen molar-refractivity contribution in [1.29, 1.82) is 0 Å². The highest BCUT2D eigenvalue weighted by atomic mass is 32.1. The van der Waals surface area contributed by atoms with Gasteiger partial charge in [0.15, 0.2) is 0 Å². The first-order chi connectivity index (χ1) is 9.63. The number of nitrogens with zero attached hydrogens (tertiary/aromatic N) is 1. The number of nitrogens with one attached hydrogen (secondary N) is 1. The Labute approximate surface area is 125 Å². The maximum atomic E-state index is 12.7. The zero-order valence-electron chi connectivity index (χ0n) is 12.4. The molecule has 2 heterocycles. The zero-order chi connectivity index (χ0) is 14.1. The molecule has 2 atom stereocenters. The van der Waals surface area contributed by atoms with E-state index >= 15 is 0 Å². The lowest BCUT2D eigenvalue weighted by atomic mass is 10.1. The summed E-state index contributed by atoms with van der Waals surface area (Å²) in [6.45, 7) is 5.95. The molecule has 1 saturated heterocycles. The molecule has 20 heavy (non-hydrogen) atoms. The van der Waals surface area contributed by atoms with Gasteiger partial charge < -0.3 is 10.2 Å². The largest absolute Gasteiger partial charge is 0.335 e. The maximum absolute atomic E-state index is 12.7. The summed E-state index contributed by atoms with van der Waals surface area (Å²) in [6, 6.07) is 2.95. The van der Waals surface area contributed by atoms with Crippen LogP contribution in [-0.2, 0) is 12.8 Å². The molecule has 1 aromatic rings. The highest BCUT2D eigenvalue weighted by Crippen LogP contribution is 2.30. The molecular weight excluding hydrogens is 268 g/mol. The summed E-state index contributed by atoms with van der Waals surface area (Å²) >= 11 is 1.74. The number of rotatable bonds is 1. The summed E-state index contributed by atoms with van der Waals surface area (Å²) in [5, 5.41) is 3.48. The Morgan fingerprint density at radius 3 is 2.65 bits per heavy atom. The second-order valence-electron chi connectivity index (χ2n) is 6.30. The first-order valence-electron chi connectivity index (χ1n) is 7.80. The molecule has 0 spiro atoms. The summed E-state index contributed by atoms with van der Waals surface area (Å²) in [4.78, 5) is 17.1. The molecule has 0 saturated carbocycles. The predicted molar refractivity (Wildman–Crippen MR) is 83.5 cm³/mol. The normalized spacial score (nSPS) is 27.0. The van der Waals surface area contributed by atoms with Crippen molar-refractivity contribution >= 4 is 17.2 Å². The van der Waals surface area contributed by atoms with Crippen LogP contribution in [-0.4, -0.2) is 36.0 Å². The van der Waals surface area contributed by atoms with E-state index in [9.17, 15) is 4.79 Å². The molecule has 1 fully saturated rings. The van der Waals surface area contributed by atoms with Crippen LogP contribution in [0, 0.1) is 0 Å². The molecule has 0 aromatic carbocycles. The molecule has 1 aromatic heterocycles. The molecule has 2 unspecified atom stereocenters. The minimum Gasteiger partial charge on any atom is -0.335 e. The Balaban J connectivity index is 1.77. The zero-order valence-corrected chi connectivity index (χ0v) is 13.3. The van der Waals surface area contributed by atoms with Crippen LogP contribution in [0.2, 0.25) is 0 Å². The Morgan fingerprint density at radius 1 is 1.20 bits per heavy atom. The Hall–Kier alpha value is -0.870. The van der Waals surface area contributed by atoms with Crippen LogP contribution in [0.5, 0.6) is 0 Å². The van der Waals surface area contributed by atoms with Gasteiger partial charge in [-0.15, -0.1) is 11.3 Å². The average Bonchev–Trinajstić information content (AvgIpc) is 2.68. The molecule has 2 aliphatic rings. The van der Waals surface area contributed by atoms with Crippen molar-refractivity contribution in [2.75, 3.05) is 13.1 Å². The molecule has 1 aliphatic carbocycles. The minimum absolute atomic E-state index is 0.239.